The van der Waals surface area contributed by atoms with Crippen LogP contribution in [0.3, 0.4) is 0 Å². The maximum Gasteiger partial charge on any atom is 0.0726 e. The van der Waals surface area contributed by atoms with Gasteiger partial charge in [-0.3, -0.25) is 4.99 Å². The van der Waals surface area contributed by atoms with Gasteiger partial charge in [-0.2, -0.15) is 0 Å². The third kappa shape index (κ3) is 3.32. The molecule has 2 heterocycles. The largest absolute Gasteiger partial charge is 0.327 e. The Morgan fingerprint density at radius 1 is 0.907 bits per heavy atom. The Hall–Kier alpha value is -4.18. The molecule has 1 spiro atoms. The van der Waals surface area contributed by atoms with Crippen molar-refractivity contribution in [3.63, 3.8) is 0 Å². The maximum absolute atomic E-state index is 6.04. The first-order valence-corrected chi connectivity index (χ1v) is 16.3. The zero-order chi connectivity index (χ0) is 28.7. The molecule has 3 unspecified atom stereocenters. The number of nitrogens with zero attached hydrogens (tertiary/aromatic N) is 1. The summed E-state index contributed by atoms with van der Waals surface area (Å²) in [4.78, 5) is 5.98. The number of thioether (sulfide) groups is 1. The van der Waals surface area contributed by atoms with Gasteiger partial charge in [0.05, 0.1) is 12.0 Å². The predicted octanol–water partition coefficient (Wildman–Crippen LogP) is 8.93. The molecule has 208 valence electrons. The second-order valence-electron chi connectivity index (χ2n) is 12.1. The van der Waals surface area contributed by atoms with Gasteiger partial charge in [0.15, 0.2) is 0 Å². The summed E-state index contributed by atoms with van der Waals surface area (Å²) in [6.07, 6.45) is 16.6. The SMILES string of the molecule is CC/C(=C\CN)c1ccc2c(c1)C1(c3cc(C4=CCN=C4)ccc3-2)c2ccccc2-c2c1ccc1c2SC2C=CC=CC12. The third-order valence-electron chi connectivity index (χ3n) is 10.1. The summed E-state index contributed by atoms with van der Waals surface area (Å²) in [6, 6.07) is 28.4. The fraction of sp³-hybridized carbons (Fsp3) is 0.175. The lowest BCUT2D eigenvalue weighted by Gasteiger charge is -2.31. The Morgan fingerprint density at radius 3 is 2.58 bits per heavy atom. The van der Waals surface area contributed by atoms with E-state index in [1.54, 1.807) is 0 Å². The van der Waals surface area contributed by atoms with Gasteiger partial charge in [0.2, 0.25) is 0 Å². The minimum atomic E-state index is -0.393. The summed E-state index contributed by atoms with van der Waals surface area (Å²) in [6.45, 7) is 3.53. The maximum atomic E-state index is 6.04. The summed E-state index contributed by atoms with van der Waals surface area (Å²) in [5, 5.41) is 0.457. The molecule has 2 N–H and O–H groups in total. The van der Waals surface area contributed by atoms with Gasteiger partial charge in [-0.15, -0.1) is 11.8 Å². The van der Waals surface area contributed by atoms with Gasteiger partial charge < -0.3 is 5.73 Å². The van der Waals surface area contributed by atoms with Crippen LogP contribution in [-0.2, 0) is 5.41 Å². The standard InChI is InChI=1S/C40H32N2S/c1-2-24(17-19-41)25-11-13-28-29-14-12-26(27-18-20-42-23-27)22-36(29)40(35(28)21-25)33-9-5-3-8-32(33)38-34(40)16-15-31-30-7-4-6-10-37(30)43-39(31)38/h3-18,21-23,30,37H,2,19-20,41H2,1H3/b24-17+. The van der Waals surface area contributed by atoms with E-state index in [9.17, 15) is 0 Å². The molecule has 0 fully saturated rings. The van der Waals surface area contributed by atoms with Crippen LogP contribution in [0.4, 0.5) is 0 Å². The van der Waals surface area contributed by atoms with E-state index in [1.807, 2.05) is 18.0 Å². The van der Waals surface area contributed by atoms with Crippen molar-refractivity contribution in [3.05, 3.63) is 148 Å². The van der Waals surface area contributed by atoms with Crippen LogP contribution in [0.25, 0.3) is 33.4 Å². The van der Waals surface area contributed by atoms with Gasteiger partial charge in [0.25, 0.3) is 0 Å². The average molecular weight is 573 g/mol. The Kier molecular flexibility index (Phi) is 5.54. The predicted molar refractivity (Wildman–Crippen MR) is 182 cm³/mol. The number of aliphatic imine (C=N–C) groups is 1. The average Bonchev–Trinajstić information content (AvgIpc) is 3.83. The number of allylic oxidation sites excluding steroid dienone is 5. The topological polar surface area (TPSA) is 38.4 Å². The highest BCUT2D eigenvalue weighted by atomic mass is 32.2. The molecular formula is C40H32N2S. The van der Waals surface area contributed by atoms with E-state index in [0.717, 1.165) is 13.0 Å². The zero-order valence-electron chi connectivity index (χ0n) is 24.2. The quantitative estimate of drug-likeness (QED) is 0.229. The van der Waals surface area contributed by atoms with Crippen LogP contribution in [0.5, 0.6) is 0 Å². The number of hydrogen-bond acceptors (Lipinski definition) is 3. The monoisotopic (exact) mass is 572 g/mol. The summed E-state index contributed by atoms with van der Waals surface area (Å²) >= 11 is 2.05. The van der Waals surface area contributed by atoms with E-state index >= 15 is 0 Å². The number of hydrogen-bond donors (Lipinski definition) is 1. The highest BCUT2D eigenvalue weighted by Gasteiger charge is 2.53. The first-order valence-electron chi connectivity index (χ1n) is 15.4. The van der Waals surface area contributed by atoms with Crippen LogP contribution in [0.2, 0.25) is 0 Å². The van der Waals surface area contributed by atoms with E-state index < -0.39 is 5.41 Å². The Balaban J connectivity index is 1.39. The van der Waals surface area contributed by atoms with Gasteiger partial charge in [0.1, 0.15) is 0 Å². The fourth-order valence-electron chi connectivity index (χ4n) is 8.30. The van der Waals surface area contributed by atoms with E-state index in [0.29, 0.717) is 17.7 Å². The van der Waals surface area contributed by atoms with Crippen LogP contribution in [0.15, 0.2) is 119 Å². The normalized spacial score (nSPS) is 23.2. The molecule has 43 heavy (non-hydrogen) atoms. The van der Waals surface area contributed by atoms with Crippen molar-refractivity contribution in [1.82, 2.24) is 0 Å². The third-order valence-corrected chi connectivity index (χ3v) is 11.5. The van der Waals surface area contributed by atoms with Crippen molar-refractivity contribution in [1.29, 1.82) is 0 Å². The minimum absolute atomic E-state index is 0.393. The molecule has 0 radical (unpaired) electrons. The zero-order valence-corrected chi connectivity index (χ0v) is 25.0. The number of benzene rings is 4. The number of nitrogens with two attached hydrogens (primary N) is 1. The van der Waals surface area contributed by atoms with Gasteiger partial charge >= 0.3 is 0 Å². The number of rotatable bonds is 4. The Bertz CT molecular complexity index is 2020. The summed E-state index contributed by atoms with van der Waals surface area (Å²) < 4.78 is 0. The summed E-state index contributed by atoms with van der Waals surface area (Å²) in [5.74, 6) is 0.433. The molecule has 2 aliphatic heterocycles. The molecule has 9 rings (SSSR count). The lowest BCUT2D eigenvalue weighted by molar-refractivity contribution is 0.789. The first kappa shape index (κ1) is 25.3. The fourth-order valence-corrected chi connectivity index (χ4v) is 9.80. The van der Waals surface area contributed by atoms with E-state index in [-0.39, 0.29) is 0 Å². The van der Waals surface area contributed by atoms with Gasteiger partial charge in [-0.25, -0.2) is 0 Å². The van der Waals surface area contributed by atoms with Crippen molar-refractivity contribution in [2.75, 3.05) is 13.1 Å². The van der Waals surface area contributed by atoms with Crippen LogP contribution in [-0.4, -0.2) is 24.6 Å². The van der Waals surface area contributed by atoms with Crippen molar-refractivity contribution in [2.24, 2.45) is 10.7 Å². The van der Waals surface area contributed by atoms with Crippen molar-refractivity contribution in [2.45, 2.75) is 34.8 Å². The van der Waals surface area contributed by atoms with Crippen LogP contribution in [0, 0.1) is 0 Å². The van der Waals surface area contributed by atoms with E-state index in [4.69, 9.17) is 5.73 Å². The Labute approximate surface area is 257 Å². The minimum Gasteiger partial charge on any atom is -0.327 e. The second-order valence-corrected chi connectivity index (χ2v) is 13.3. The molecule has 2 nitrogen and oxygen atoms in total. The Morgan fingerprint density at radius 2 is 1.74 bits per heavy atom. The first-order chi connectivity index (χ1) is 21.2. The molecule has 3 heteroatoms. The highest BCUT2D eigenvalue weighted by molar-refractivity contribution is 8.00. The summed E-state index contributed by atoms with van der Waals surface area (Å²) in [5.41, 5.74) is 23.2. The van der Waals surface area contributed by atoms with Crippen LogP contribution < -0.4 is 5.73 Å². The molecule has 0 bridgehead atoms. The lowest BCUT2D eigenvalue weighted by Crippen LogP contribution is -2.26. The van der Waals surface area contributed by atoms with E-state index in [1.165, 1.54) is 77.2 Å². The molecule has 0 saturated carbocycles. The lowest BCUT2D eigenvalue weighted by atomic mass is 9.69. The van der Waals surface area contributed by atoms with Gasteiger partial charge in [-0.1, -0.05) is 104 Å². The van der Waals surface area contributed by atoms with Crippen LogP contribution >= 0.6 is 11.8 Å². The highest BCUT2D eigenvalue weighted by Crippen LogP contribution is 2.66. The van der Waals surface area contributed by atoms with E-state index in [2.05, 4.69) is 121 Å². The van der Waals surface area contributed by atoms with Crippen LogP contribution in [0.1, 0.15) is 58.2 Å². The van der Waals surface area contributed by atoms with Crippen molar-refractivity contribution in [3.8, 4) is 22.3 Å². The molecule has 3 aliphatic carbocycles. The molecule has 0 saturated heterocycles. The second kappa shape index (κ2) is 9.41. The molecular weight excluding hydrogens is 541 g/mol. The summed E-state index contributed by atoms with van der Waals surface area (Å²) in [7, 11) is 0. The molecule has 0 amide bonds. The van der Waals surface area contributed by atoms with Crippen molar-refractivity contribution >= 4 is 29.1 Å². The molecule has 5 aliphatic rings. The smallest absolute Gasteiger partial charge is 0.0726 e. The van der Waals surface area contributed by atoms with Crippen molar-refractivity contribution < 1.29 is 0 Å². The molecule has 3 atom stereocenters. The molecule has 4 aromatic carbocycles. The van der Waals surface area contributed by atoms with Gasteiger partial charge in [0, 0.05) is 34.4 Å². The van der Waals surface area contributed by atoms with Gasteiger partial charge in [-0.05, 0) is 85.3 Å². The molecule has 4 aromatic rings. The number of fused-ring (bicyclic) bond motifs is 14. The molecule has 0 aromatic heterocycles.